The molecule has 66 valence electrons. The van der Waals surface area contributed by atoms with Gasteiger partial charge in [0.25, 0.3) is 0 Å². The van der Waals surface area contributed by atoms with Crippen molar-refractivity contribution in [1.29, 1.82) is 0 Å². The zero-order valence-corrected chi connectivity index (χ0v) is 10.0. The Morgan fingerprint density at radius 3 is 2.00 bits per heavy atom. The molecule has 0 amide bonds. The number of nitrogen functional groups attached to an aromatic ring is 1. The third-order valence-electron chi connectivity index (χ3n) is 1.32. The first-order chi connectivity index (χ1) is 5.39. The van der Waals surface area contributed by atoms with Gasteiger partial charge in [-0.05, 0) is 6.07 Å². The molecule has 0 spiro atoms. The van der Waals surface area contributed by atoms with Gasteiger partial charge in [0.15, 0.2) is 0 Å². The summed E-state index contributed by atoms with van der Waals surface area (Å²) in [6.45, 7) is -5.16. The molecule has 0 aliphatic carbocycles. The molecular formula is C6H5BF4KN. The van der Waals surface area contributed by atoms with E-state index < -0.39 is 18.3 Å². The zero-order valence-electron chi connectivity index (χ0n) is 6.90. The van der Waals surface area contributed by atoms with Crippen LogP contribution in [0.1, 0.15) is 0 Å². The molecule has 13 heavy (non-hydrogen) atoms. The first kappa shape index (κ1) is 13.4. The van der Waals surface area contributed by atoms with Gasteiger partial charge in [-0.3, -0.25) is 0 Å². The van der Waals surface area contributed by atoms with E-state index in [0.717, 1.165) is 6.07 Å². The van der Waals surface area contributed by atoms with Gasteiger partial charge < -0.3 is 18.7 Å². The average molecular weight is 217 g/mol. The van der Waals surface area contributed by atoms with E-state index in [2.05, 4.69) is 0 Å². The monoisotopic (exact) mass is 217 g/mol. The van der Waals surface area contributed by atoms with E-state index in [1.54, 1.807) is 0 Å². The summed E-state index contributed by atoms with van der Waals surface area (Å²) >= 11 is 0. The second-order valence-electron chi connectivity index (χ2n) is 2.39. The summed E-state index contributed by atoms with van der Waals surface area (Å²) in [6, 6.07) is 1.98. The molecule has 1 aromatic carbocycles. The maximum Gasteiger partial charge on any atom is 1.00 e. The normalized spacial score (nSPS) is 10.8. The van der Waals surface area contributed by atoms with E-state index in [1.165, 1.54) is 0 Å². The van der Waals surface area contributed by atoms with Crippen LogP contribution in [0.15, 0.2) is 18.2 Å². The number of halogens is 4. The van der Waals surface area contributed by atoms with Crippen LogP contribution in [0.3, 0.4) is 0 Å². The number of hydrogen-bond donors (Lipinski definition) is 1. The molecule has 0 fully saturated rings. The van der Waals surface area contributed by atoms with E-state index in [1.807, 2.05) is 0 Å². The number of nitrogens with two attached hydrogens (primary N) is 1. The summed E-state index contributed by atoms with van der Waals surface area (Å²) in [5, 5.41) is 0. The molecular weight excluding hydrogens is 212 g/mol. The maximum atomic E-state index is 12.4. The van der Waals surface area contributed by atoms with E-state index in [0.29, 0.717) is 12.1 Å². The Hall–Kier alpha value is 0.441. The summed E-state index contributed by atoms with van der Waals surface area (Å²) in [6.07, 6.45) is 0. The molecule has 7 heteroatoms. The standard InChI is InChI=1S/C6H5BF4N.K/c8-5-1-4(7(9,10)11)2-6(12)3-5;/h1-3H,12H2;/q-1;+1. The molecule has 0 saturated carbocycles. The van der Waals surface area contributed by atoms with Crippen molar-refractivity contribution in [3.05, 3.63) is 24.0 Å². The minimum atomic E-state index is -5.16. The Labute approximate surface area is 115 Å². The Morgan fingerprint density at radius 2 is 1.62 bits per heavy atom. The molecule has 0 aliphatic heterocycles. The minimum absolute atomic E-state index is 0. The van der Waals surface area contributed by atoms with E-state index >= 15 is 0 Å². The summed E-state index contributed by atoms with van der Waals surface area (Å²) in [5.74, 6) is -0.968. The van der Waals surface area contributed by atoms with Gasteiger partial charge in [-0.25, -0.2) is 4.39 Å². The molecule has 2 N–H and O–H groups in total. The van der Waals surface area contributed by atoms with Gasteiger partial charge in [0.1, 0.15) is 5.82 Å². The summed E-state index contributed by atoms with van der Waals surface area (Å²) in [7, 11) is 0. The van der Waals surface area contributed by atoms with Crippen LogP contribution in [0, 0.1) is 5.82 Å². The van der Waals surface area contributed by atoms with Crippen LogP contribution in [-0.2, 0) is 0 Å². The predicted octanol–water partition coefficient (Wildman–Crippen LogP) is -1.53. The van der Waals surface area contributed by atoms with Crippen molar-refractivity contribution in [3.63, 3.8) is 0 Å². The third kappa shape index (κ3) is 3.99. The second-order valence-corrected chi connectivity index (χ2v) is 2.39. The van der Waals surface area contributed by atoms with Crippen LogP contribution in [0.4, 0.5) is 23.0 Å². The van der Waals surface area contributed by atoms with Gasteiger partial charge in [-0.1, -0.05) is 12.1 Å². The number of rotatable bonds is 1. The predicted molar refractivity (Wildman–Crippen MR) is 39.5 cm³/mol. The average Bonchev–Trinajstić information content (AvgIpc) is 1.82. The molecule has 1 nitrogen and oxygen atoms in total. The largest absolute Gasteiger partial charge is 1.00 e. The third-order valence-corrected chi connectivity index (χ3v) is 1.32. The molecule has 0 aromatic heterocycles. The zero-order chi connectivity index (χ0) is 9.35. The van der Waals surface area contributed by atoms with Crippen molar-refractivity contribution in [2.75, 3.05) is 5.73 Å². The van der Waals surface area contributed by atoms with Gasteiger partial charge in [0.2, 0.25) is 0 Å². The van der Waals surface area contributed by atoms with Crippen LogP contribution >= 0.6 is 0 Å². The molecule has 0 aliphatic rings. The van der Waals surface area contributed by atoms with Crippen molar-refractivity contribution < 1.29 is 68.7 Å². The van der Waals surface area contributed by atoms with Gasteiger partial charge in [0, 0.05) is 5.69 Å². The first-order valence-corrected chi connectivity index (χ1v) is 3.15. The van der Waals surface area contributed by atoms with Crippen molar-refractivity contribution >= 4 is 18.1 Å². The quantitative estimate of drug-likeness (QED) is 0.344. The Balaban J connectivity index is 0.00000144. The number of anilines is 1. The van der Waals surface area contributed by atoms with Crippen molar-refractivity contribution in [2.24, 2.45) is 0 Å². The van der Waals surface area contributed by atoms with Crippen LogP contribution in [0.5, 0.6) is 0 Å². The maximum absolute atomic E-state index is 12.4. The van der Waals surface area contributed by atoms with Crippen molar-refractivity contribution in [3.8, 4) is 0 Å². The Kier molecular flexibility index (Phi) is 4.95. The fraction of sp³-hybridized carbons (Fsp3) is 0. The summed E-state index contributed by atoms with van der Waals surface area (Å²) in [4.78, 5) is 0. The first-order valence-electron chi connectivity index (χ1n) is 3.15. The van der Waals surface area contributed by atoms with Gasteiger partial charge in [-0.15, -0.1) is 5.46 Å². The van der Waals surface area contributed by atoms with Gasteiger partial charge in [-0.2, -0.15) is 0 Å². The molecule has 1 aromatic rings. The fourth-order valence-corrected chi connectivity index (χ4v) is 0.825. The Bertz CT molecular complexity index is 281. The number of hydrogen-bond acceptors (Lipinski definition) is 1. The van der Waals surface area contributed by atoms with E-state index in [4.69, 9.17) is 5.73 Å². The fourth-order valence-electron chi connectivity index (χ4n) is 0.825. The molecule has 0 radical (unpaired) electrons. The van der Waals surface area contributed by atoms with Gasteiger partial charge in [0.05, 0.1) is 0 Å². The SMILES string of the molecule is Nc1cc(F)cc([B-](F)(F)F)c1.[K+]. The Morgan fingerprint density at radius 1 is 1.08 bits per heavy atom. The van der Waals surface area contributed by atoms with Crippen molar-refractivity contribution in [1.82, 2.24) is 0 Å². The summed E-state index contributed by atoms with van der Waals surface area (Å²) < 4.78 is 48.4. The van der Waals surface area contributed by atoms with Crippen LogP contribution in [0.2, 0.25) is 0 Å². The smallest absolute Gasteiger partial charge is 0.445 e. The molecule has 0 atom stereocenters. The number of benzene rings is 1. The van der Waals surface area contributed by atoms with Crippen LogP contribution in [-0.4, -0.2) is 6.98 Å². The molecule has 1 rings (SSSR count). The van der Waals surface area contributed by atoms with E-state index in [-0.39, 0.29) is 57.1 Å². The summed E-state index contributed by atoms with van der Waals surface area (Å²) in [5.41, 5.74) is 3.80. The molecule has 0 heterocycles. The molecule has 0 bridgehead atoms. The van der Waals surface area contributed by atoms with E-state index in [9.17, 15) is 17.3 Å². The van der Waals surface area contributed by atoms with Crippen molar-refractivity contribution in [2.45, 2.75) is 0 Å². The van der Waals surface area contributed by atoms with Gasteiger partial charge >= 0.3 is 58.4 Å². The topological polar surface area (TPSA) is 26.0 Å². The second kappa shape index (κ2) is 4.79. The molecule has 0 unspecified atom stereocenters. The molecule has 0 saturated heterocycles. The minimum Gasteiger partial charge on any atom is -0.445 e. The van der Waals surface area contributed by atoms with Crippen LogP contribution < -0.4 is 62.6 Å². The van der Waals surface area contributed by atoms with Crippen LogP contribution in [0.25, 0.3) is 0 Å².